The molecule has 3 unspecified atom stereocenters. The molecule has 0 spiro atoms. The van der Waals surface area contributed by atoms with Crippen LogP contribution < -0.4 is 0 Å². The lowest BCUT2D eigenvalue weighted by Crippen LogP contribution is -2.59. The summed E-state index contributed by atoms with van der Waals surface area (Å²) in [5.74, 6) is 0.224. The first-order chi connectivity index (χ1) is 7.88. The van der Waals surface area contributed by atoms with Crippen molar-refractivity contribution in [2.24, 2.45) is 5.92 Å². The topological polar surface area (TPSA) is 99.4 Å². The molecular weight excluding hydrogens is 228 g/mol. The maximum atomic E-state index is 9.71. The van der Waals surface area contributed by atoms with E-state index in [1.54, 1.807) is 0 Å². The van der Waals surface area contributed by atoms with Gasteiger partial charge in [0.15, 0.2) is 6.29 Å². The summed E-state index contributed by atoms with van der Waals surface area (Å²) in [6.45, 7) is 5.29. The van der Waals surface area contributed by atoms with E-state index in [-0.39, 0.29) is 12.0 Å². The van der Waals surface area contributed by atoms with Gasteiger partial charge >= 0.3 is 0 Å². The molecule has 17 heavy (non-hydrogen) atoms. The lowest BCUT2D eigenvalue weighted by molar-refractivity contribution is -0.312. The molecule has 1 heterocycles. The molecule has 1 rings (SSSR count). The van der Waals surface area contributed by atoms with Gasteiger partial charge in [0.1, 0.15) is 24.4 Å². The van der Waals surface area contributed by atoms with Crippen molar-refractivity contribution >= 4 is 0 Å². The molecule has 1 aliphatic heterocycles. The Morgan fingerprint density at radius 2 is 1.65 bits per heavy atom. The smallest absolute Gasteiger partial charge is 0.186 e. The molecule has 0 aromatic heterocycles. The van der Waals surface area contributed by atoms with Crippen molar-refractivity contribution in [1.82, 2.24) is 0 Å². The Kier molecular flexibility index (Phi) is 5.30. The largest absolute Gasteiger partial charge is 0.394 e. The minimum atomic E-state index is -1.38. The van der Waals surface area contributed by atoms with Crippen LogP contribution in [0, 0.1) is 5.92 Å². The second kappa shape index (κ2) is 6.08. The zero-order chi connectivity index (χ0) is 13.2. The van der Waals surface area contributed by atoms with Gasteiger partial charge in [0.25, 0.3) is 0 Å². The van der Waals surface area contributed by atoms with E-state index in [2.05, 4.69) is 0 Å². The van der Waals surface area contributed by atoms with Gasteiger partial charge in [-0.05, 0) is 12.8 Å². The van der Waals surface area contributed by atoms with Crippen LogP contribution in [-0.4, -0.2) is 63.8 Å². The van der Waals surface area contributed by atoms with Crippen molar-refractivity contribution in [2.75, 3.05) is 6.61 Å². The highest BCUT2D eigenvalue weighted by molar-refractivity contribution is 4.89. The summed E-state index contributed by atoms with van der Waals surface area (Å²) in [6, 6.07) is 0. The first-order valence-corrected chi connectivity index (χ1v) is 5.84. The summed E-state index contributed by atoms with van der Waals surface area (Å²) in [6.07, 6.45) is -6.18. The van der Waals surface area contributed by atoms with Crippen LogP contribution in [0.4, 0.5) is 0 Å². The normalized spacial score (nSPS) is 40.6. The summed E-state index contributed by atoms with van der Waals surface area (Å²) < 4.78 is 10.7. The van der Waals surface area contributed by atoms with E-state index in [0.29, 0.717) is 0 Å². The summed E-state index contributed by atoms with van der Waals surface area (Å²) in [5.41, 5.74) is 0. The minimum absolute atomic E-state index is 0.170. The Hall–Kier alpha value is -0.240. The van der Waals surface area contributed by atoms with E-state index in [1.165, 1.54) is 0 Å². The summed E-state index contributed by atoms with van der Waals surface area (Å²) in [5, 5.41) is 37.8. The monoisotopic (exact) mass is 250 g/mol. The number of aliphatic hydroxyl groups excluding tert-OH is 4. The van der Waals surface area contributed by atoms with Gasteiger partial charge in [-0.1, -0.05) is 13.8 Å². The van der Waals surface area contributed by atoms with Gasteiger partial charge in [-0.2, -0.15) is 0 Å². The number of hydrogen-bond acceptors (Lipinski definition) is 6. The van der Waals surface area contributed by atoms with E-state index in [4.69, 9.17) is 14.6 Å². The average Bonchev–Trinajstić information content (AvgIpc) is 2.29. The first kappa shape index (κ1) is 14.8. The third-order valence-electron chi connectivity index (χ3n) is 3.14. The maximum Gasteiger partial charge on any atom is 0.186 e. The van der Waals surface area contributed by atoms with Gasteiger partial charge in [0.2, 0.25) is 0 Å². The molecule has 0 aromatic carbocycles. The molecule has 0 radical (unpaired) electrons. The van der Waals surface area contributed by atoms with Gasteiger partial charge in [0.05, 0.1) is 12.7 Å². The van der Waals surface area contributed by atoms with Gasteiger partial charge < -0.3 is 29.9 Å². The molecule has 102 valence electrons. The molecule has 1 fully saturated rings. The molecular formula is C11H22O6. The SMILES string of the molecule is CC(C)[C@H](C)O[C@@H]1OC(CO)[C@H](O)C(O)C1O. The van der Waals surface area contributed by atoms with E-state index in [1.807, 2.05) is 20.8 Å². The molecule has 0 aromatic rings. The predicted octanol–water partition coefficient (Wildman–Crippen LogP) is -1.15. The number of hydrogen-bond donors (Lipinski definition) is 4. The molecule has 0 amide bonds. The zero-order valence-corrected chi connectivity index (χ0v) is 10.4. The van der Waals surface area contributed by atoms with Crippen LogP contribution in [-0.2, 0) is 9.47 Å². The molecule has 0 saturated carbocycles. The fourth-order valence-electron chi connectivity index (χ4n) is 1.55. The molecule has 1 saturated heterocycles. The lowest BCUT2D eigenvalue weighted by Gasteiger charge is -2.40. The van der Waals surface area contributed by atoms with Crippen molar-refractivity contribution in [1.29, 1.82) is 0 Å². The summed E-state index contributed by atoms with van der Waals surface area (Å²) >= 11 is 0. The molecule has 6 nitrogen and oxygen atoms in total. The quantitative estimate of drug-likeness (QED) is 0.503. The van der Waals surface area contributed by atoms with Crippen molar-refractivity contribution in [2.45, 2.75) is 57.6 Å². The number of ether oxygens (including phenoxy) is 2. The standard InChI is InChI=1S/C11H22O6/c1-5(2)6(3)16-11-10(15)9(14)8(13)7(4-12)17-11/h5-15H,4H2,1-3H3/t6-,7?,8-,9?,10?,11+/m0/s1. The summed E-state index contributed by atoms with van der Waals surface area (Å²) in [4.78, 5) is 0. The van der Waals surface area contributed by atoms with Gasteiger partial charge in [-0.3, -0.25) is 0 Å². The van der Waals surface area contributed by atoms with Crippen molar-refractivity contribution < 1.29 is 29.9 Å². The highest BCUT2D eigenvalue weighted by Gasteiger charge is 2.44. The van der Waals surface area contributed by atoms with Crippen LogP contribution >= 0.6 is 0 Å². The van der Waals surface area contributed by atoms with Crippen molar-refractivity contribution in [3.8, 4) is 0 Å². The third kappa shape index (κ3) is 3.37. The molecule has 0 aliphatic carbocycles. The Bertz CT molecular complexity index is 230. The van der Waals surface area contributed by atoms with E-state index < -0.39 is 37.3 Å². The van der Waals surface area contributed by atoms with Crippen molar-refractivity contribution in [3.63, 3.8) is 0 Å². The Morgan fingerprint density at radius 3 is 2.12 bits per heavy atom. The van der Waals surface area contributed by atoms with Crippen LogP contribution in [0.15, 0.2) is 0 Å². The third-order valence-corrected chi connectivity index (χ3v) is 3.14. The molecule has 6 heteroatoms. The van der Waals surface area contributed by atoms with Gasteiger partial charge in [-0.15, -0.1) is 0 Å². The van der Waals surface area contributed by atoms with Crippen LogP contribution in [0.3, 0.4) is 0 Å². The maximum absolute atomic E-state index is 9.71. The fraction of sp³-hybridized carbons (Fsp3) is 1.00. The highest BCUT2D eigenvalue weighted by atomic mass is 16.7. The van der Waals surface area contributed by atoms with Crippen molar-refractivity contribution in [3.05, 3.63) is 0 Å². The number of rotatable bonds is 4. The Balaban J connectivity index is 2.65. The first-order valence-electron chi connectivity index (χ1n) is 5.84. The molecule has 1 aliphatic rings. The van der Waals surface area contributed by atoms with E-state index in [9.17, 15) is 15.3 Å². The fourth-order valence-corrected chi connectivity index (χ4v) is 1.55. The predicted molar refractivity (Wildman–Crippen MR) is 59.2 cm³/mol. The van der Waals surface area contributed by atoms with Crippen LogP contribution in [0.2, 0.25) is 0 Å². The van der Waals surface area contributed by atoms with Crippen LogP contribution in [0.25, 0.3) is 0 Å². The van der Waals surface area contributed by atoms with E-state index >= 15 is 0 Å². The molecule has 0 bridgehead atoms. The average molecular weight is 250 g/mol. The minimum Gasteiger partial charge on any atom is -0.394 e. The highest BCUT2D eigenvalue weighted by Crippen LogP contribution is 2.24. The summed E-state index contributed by atoms with van der Waals surface area (Å²) in [7, 11) is 0. The Morgan fingerprint density at radius 1 is 1.06 bits per heavy atom. The van der Waals surface area contributed by atoms with Gasteiger partial charge in [-0.25, -0.2) is 0 Å². The Labute approximate surface area is 101 Å². The number of aliphatic hydroxyl groups is 4. The zero-order valence-electron chi connectivity index (χ0n) is 10.4. The van der Waals surface area contributed by atoms with Crippen LogP contribution in [0.1, 0.15) is 20.8 Å². The molecule has 6 atom stereocenters. The van der Waals surface area contributed by atoms with Crippen LogP contribution in [0.5, 0.6) is 0 Å². The van der Waals surface area contributed by atoms with Gasteiger partial charge in [0, 0.05) is 0 Å². The second-order valence-corrected chi connectivity index (χ2v) is 4.78. The van der Waals surface area contributed by atoms with E-state index in [0.717, 1.165) is 0 Å². The lowest BCUT2D eigenvalue weighted by atomic mass is 9.99. The second-order valence-electron chi connectivity index (χ2n) is 4.78. The molecule has 4 N–H and O–H groups in total.